The van der Waals surface area contributed by atoms with Gasteiger partial charge in [0.15, 0.2) is 0 Å². The third kappa shape index (κ3) is 5.46. The molecule has 3 rings (SSSR count). The Kier molecular flexibility index (Phi) is 6.85. The standard InChI is InChI=1S/C19H19N3O5S/c1-2-10-25-16-6-8-17(9-7-16)26-11-12-28-19-21-20-18(27-19)14-4-3-5-15(13-14)22(23)24/h3-9,13H,2,10-12H2,1H3. The minimum absolute atomic E-state index is 0.0237. The summed E-state index contributed by atoms with van der Waals surface area (Å²) in [6, 6.07) is 13.6. The fraction of sp³-hybridized carbons (Fsp3) is 0.263. The molecule has 0 aliphatic heterocycles. The highest BCUT2D eigenvalue weighted by Crippen LogP contribution is 2.26. The highest BCUT2D eigenvalue weighted by molar-refractivity contribution is 7.99. The van der Waals surface area contributed by atoms with Gasteiger partial charge in [0.25, 0.3) is 10.9 Å². The van der Waals surface area contributed by atoms with Crippen LogP contribution in [0.3, 0.4) is 0 Å². The molecule has 0 bridgehead atoms. The van der Waals surface area contributed by atoms with Crippen LogP contribution >= 0.6 is 11.8 Å². The molecular formula is C19H19N3O5S. The van der Waals surface area contributed by atoms with Crippen molar-refractivity contribution in [3.63, 3.8) is 0 Å². The molecule has 0 aliphatic rings. The summed E-state index contributed by atoms with van der Waals surface area (Å²) in [5, 5.41) is 19.1. The Morgan fingerprint density at radius 3 is 2.46 bits per heavy atom. The highest BCUT2D eigenvalue weighted by Gasteiger charge is 2.13. The molecule has 0 unspecified atom stereocenters. The summed E-state index contributed by atoms with van der Waals surface area (Å²) in [5.74, 6) is 2.44. The van der Waals surface area contributed by atoms with Crippen molar-refractivity contribution in [3.8, 4) is 23.0 Å². The summed E-state index contributed by atoms with van der Waals surface area (Å²) in [7, 11) is 0. The lowest BCUT2D eigenvalue weighted by Gasteiger charge is -2.07. The van der Waals surface area contributed by atoms with E-state index in [0.717, 1.165) is 17.9 Å². The summed E-state index contributed by atoms with van der Waals surface area (Å²) >= 11 is 1.36. The molecule has 9 heteroatoms. The Labute approximate surface area is 166 Å². The third-order valence-corrected chi connectivity index (χ3v) is 4.37. The van der Waals surface area contributed by atoms with Crippen LogP contribution < -0.4 is 9.47 Å². The zero-order chi connectivity index (χ0) is 19.8. The van der Waals surface area contributed by atoms with E-state index in [0.29, 0.717) is 29.8 Å². The molecule has 1 heterocycles. The smallest absolute Gasteiger partial charge is 0.276 e. The number of hydrogen-bond donors (Lipinski definition) is 0. The molecule has 0 atom stereocenters. The second kappa shape index (κ2) is 9.75. The van der Waals surface area contributed by atoms with E-state index in [1.54, 1.807) is 12.1 Å². The maximum Gasteiger partial charge on any atom is 0.276 e. The summed E-state index contributed by atoms with van der Waals surface area (Å²) < 4.78 is 16.8. The van der Waals surface area contributed by atoms with Crippen LogP contribution in [-0.4, -0.2) is 34.1 Å². The third-order valence-electron chi connectivity index (χ3n) is 3.58. The van der Waals surface area contributed by atoms with Gasteiger partial charge in [0, 0.05) is 23.4 Å². The normalized spacial score (nSPS) is 10.6. The maximum atomic E-state index is 10.9. The van der Waals surface area contributed by atoms with Gasteiger partial charge in [-0.3, -0.25) is 10.1 Å². The van der Waals surface area contributed by atoms with Crippen LogP contribution in [0.15, 0.2) is 58.2 Å². The van der Waals surface area contributed by atoms with Crippen molar-refractivity contribution in [2.75, 3.05) is 19.0 Å². The van der Waals surface area contributed by atoms with E-state index >= 15 is 0 Å². The van der Waals surface area contributed by atoms with Gasteiger partial charge in [0.05, 0.1) is 18.1 Å². The first-order valence-corrected chi connectivity index (χ1v) is 9.71. The SMILES string of the molecule is CCCOc1ccc(OCCSc2nnc(-c3cccc([N+](=O)[O-])c3)o2)cc1. The van der Waals surface area contributed by atoms with Gasteiger partial charge in [0.1, 0.15) is 11.5 Å². The molecule has 8 nitrogen and oxygen atoms in total. The average molecular weight is 401 g/mol. The molecule has 0 N–H and O–H groups in total. The van der Waals surface area contributed by atoms with Gasteiger partial charge >= 0.3 is 0 Å². The lowest BCUT2D eigenvalue weighted by Crippen LogP contribution is -2.00. The zero-order valence-electron chi connectivity index (χ0n) is 15.2. The van der Waals surface area contributed by atoms with Gasteiger partial charge in [-0.25, -0.2) is 0 Å². The van der Waals surface area contributed by atoms with Crippen LogP contribution in [0.4, 0.5) is 5.69 Å². The molecule has 0 amide bonds. The van der Waals surface area contributed by atoms with Crippen molar-refractivity contribution in [3.05, 3.63) is 58.6 Å². The summed E-state index contributed by atoms with van der Waals surface area (Å²) in [6.45, 7) is 3.22. The first-order chi connectivity index (χ1) is 13.7. The number of nitro groups is 1. The molecule has 28 heavy (non-hydrogen) atoms. The maximum absolute atomic E-state index is 10.9. The molecule has 0 radical (unpaired) electrons. The molecule has 2 aromatic carbocycles. The van der Waals surface area contributed by atoms with Crippen LogP contribution in [0.25, 0.3) is 11.5 Å². The fourth-order valence-corrected chi connectivity index (χ4v) is 2.86. The van der Waals surface area contributed by atoms with Crippen LogP contribution in [0.1, 0.15) is 13.3 Å². The minimum Gasteiger partial charge on any atom is -0.494 e. The van der Waals surface area contributed by atoms with Crippen LogP contribution in [0, 0.1) is 10.1 Å². The largest absolute Gasteiger partial charge is 0.494 e. The second-order valence-corrected chi connectivity index (χ2v) is 6.74. The second-order valence-electron chi connectivity index (χ2n) is 5.70. The summed E-state index contributed by atoms with van der Waals surface area (Å²) in [6.07, 6.45) is 0.966. The number of non-ortho nitro benzene ring substituents is 1. The van der Waals surface area contributed by atoms with Gasteiger partial charge in [0.2, 0.25) is 5.89 Å². The Balaban J connectivity index is 1.47. The predicted molar refractivity (Wildman–Crippen MR) is 105 cm³/mol. The van der Waals surface area contributed by atoms with Crippen LogP contribution in [0.5, 0.6) is 11.5 Å². The molecule has 0 spiro atoms. The number of nitrogens with zero attached hydrogens (tertiary/aromatic N) is 3. The van der Waals surface area contributed by atoms with E-state index < -0.39 is 4.92 Å². The van der Waals surface area contributed by atoms with Crippen molar-refractivity contribution in [2.24, 2.45) is 0 Å². The zero-order valence-corrected chi connectivity index (χ0v) is 16.1. The van der Waals surface area contributed by atoms with Gasteiger partial charge in [-0.1, -0.05) is 24.8 Å². The molecular weight excluding hydrogens is 382 g/mol. The molecule has 146 valence electrons. The lowest BCUT2D eigenvalue weighted by molar-refractivity contribution is -0.384. The van der Waals surface area contributed by atoms with E-state index in [-0.39, 0.29) is 11.6 Å². The molecule has 0 saturated carbocycles. The summed E-state index contributed by atoms with van der Waals surface area (Å²) in [4.78, 5) is 10.4. The van der Waals surface area contributed by atoms with Gasteiger partial charge in [-0.05, 0) is 36.8 Å². The quantitative estimate of drug-likeness (QED) is 0.210. The van der Waals surface area contributed by atoms with Gasteiger partial charge in [-0.15, -0.1) is 10.2 Å². The first-order valence-electron chi connectivity index (χ1n) is 8.72. The Hall–Kier alpha value is -3.07. The molecule has 0 fully saturated rings. The predicted octanol–water partition coefficient (Wildman–Crippen LogP) is 4.60. The van der Waals surface area contributed by atoms with E-state index in [9.17, 15) is 10.1 Å². The van der Waals surface area contributed by atoms with Gasteiger partial charge < -0.3 is 13.9 Å². The average Bonchev–Trinajstić information content (AvgIpc) is 3.19. The number of aromatic nitrogens is 2. The van der Waals surface area contributed by atoms with Crippen LogP contribution in [-0.2, 0) is 0 Å². The van der Waals surface area contributed by atoms with Crippen LogP contribution in [0.2, 0.25) is 0 Å². The number of thioether (sulfide) groups is 1. The lowest BCUT2D eigenvalue weighted by atomic mass is 10.2. The van der Waals surface area contributed by atoms with E-state index in [4.69, 9.17) is 13.9 Å². The Morgan fingerprint density at radius 1 is 1.07 bits per heavy atom. The highest BCUT2D eigenvalue weighted by atomic mass is 32.2. The number of nitro benzene ring substituents is 1. The molecule has 0 aliphatic carbocycles. The van der Waals surface area contributed by atoms with Crippen molar-refractivity contribution < 1.29 is 18.8 Å². The molecule has 0 saturated heterocycles. The molecule has 3 aromatic rings. The van der Waals surface area contributed by atoms with Gasteiger partial charge in [-0.2, -0.15) is 0 Å². The van der Waals surface area contributed by atoms with E-state index in [2.05, 4.69) is 17.1 Å². The summed E-state index contributed by atoms with van der Waals surface area (Å²) in [5.41, 5.74) is 0.486. The fourth-order valence-electron chi connectivity index (χ4n) is 2.28. The Morgan fingerprint density at radius 2 is 1.79 bits per heavy atom. The number of hydrogen-bond acceptors (Lipinski definition) is 8. The Bertz CT molecular complexity index is 914. The number of benzene rings is 2. The first kappa shape index (κ1) is 19.7. The topological polar surface area (TPSA) is 101 Å². The number of ether oxygens (including phenoxy) is 2. The molecule has 1 aromatic heterocycles. The monoisotopic (exact) mass is 401 g/mol. The van der Waals surface area contributed by atoms with Crippen molar-refractivity contribution in [1.82, 2.24) is 10.2 Å². The number of rotatable bonds is 10. The van der Waals surface area contributed by atoms with E-state index in [1.165, 1.54) is 23.9 Å². The minimum atomic E-state index is -0.463. The van der Waals surface area contributed by atoms with Crippen molar-refractivity contribution >= 4 is 17.4 Å². The van der Waals surface area contributed by atoms with Crippen molar-refractivity contribution in [1.29, 1.82) is 0 Å². The van der Waals surface area contributed by atoms with Crippen molar-refractivity contribution in [2.45, 2.75) is 18.6 Å². The van der Waals surface area contributed by atoms with E-state index in [1.807, 2.05) is 24.3 Å².